The van der Waals surface area contributed by atoms with Crippen LogP contribution in [0.3, 0.4) is 0 Å². The molecule has 0 unspecified atom stereocenters. The smallest absolute Gasteiger partial charge is 0.491 e. The molecule has 0 N–H and O–H groups in total. The normalized spacial score (nSPS) is 16.8. The minimum Gasteiger partial charge on any atom is -0.491 e. The van der Waals surface area contributed by atoms with Gasteiger partial charge in [-0.05, 0) is 63.8 Å². The quantitative estimate of drug-likeness (QED) is 0.302. The molecule has 1 saturated carbocycles. The molecule has 0 heterocycles. The van der Waals surface area contributed by atoms with E-state index in [9.17, 15) is 9.59 Å². The molecule has 0 bridgehead atoms. The van der Waals surface area contributed by atoms with Crippen molar-refractivity contribution in [1.82, 2.24) is 0 Å². The van der Waals surface area contributed by atoms with Crippen molar-refractivity contribution in [3.8, 4) is 5.75 Å². The van der Waals surface area contributed by atoms with E-state index in [1.807, 2.05) is 13.8 Å². The predicted octanol–water partition coefficient (Wildman–Crippen LogP) is 6.30. The Kier molecular flexibility index (Phi) is 11.1. The molecule has 1 aromatic rings. The molecule has 2 rings (SSSR count). The first kappa shape index (κ1) is 24.0. The summed E-state index contributed by atoms with van der Waals surface area (Å²) in [5.74, 6) is -0.149. The lowest BCUT2D eigenvalue weighted by Crippen LogP contribution is -2.20. The average Bonchev–Trinajstić information content (AvgIpc) is 2.70. The molecule has 0 atom stereocenters. The van der Waals surface area contributed by atoms with E-state index < -0.39 is 12.1 Å². The highest BCUT2D eigenvalue weighted by atomic mass is 17.5. The number of carbonyl (C=O) groups is 2. The molecule has 168 valence electrons. The lowest BCUT2D eigenvalue weighted by Gasteiger charge is -2.17. The standard InChI is InChI=1S/C23H34O7/c1-18(2)26-21-16-14-19(15-17-21)22(24)28-30-29-23(25)27-20-12-10-8-6-4-3-5-7-9-11-13-20/h14-18,20H,3-13H2,1-2H3. The van der Waals surface area contributed by atoms with Crippen molar-refractivity contribution in [1.29, 1.82) is 0 Å². The molecular weight excluding hydrogens is 388 g/mol. The Morgan fingerprint density at radius 1 is 0.800 bits per heavy atom. The molecule has 1 aliphatic carbocycles. The van der Waals surface area contributed by atoms with Crippen LogP contribution in [-0.2, 0) is 19.6 Å². The van der Waals surface area contributed by atoms with Crippen molar-refractivity contribution < 1.29 is 33.9 Å². The third-order valence-electron chi connectivity index (χ3n) is 4.99. The second kappa shape index (κ2) is 13.9. The van der Waals surface area contributed by atoms with Crippen molar-refractivity contribution in [3.63, 3.8) is 0 Å². The van der Waals surface area contributed by atoms with E-state index >= 15 is 0 Å². The second-order valence-corrected chi connectivity index (χ2v) is 7.96. The van der Waals surface area contributed by atoms with Gasteiger partial charge in [-0.3, -0.25) is 4.89 Å². The van der Waals surface area contributed by atoms with Crippen LogP contribution < -0.4 is 4.74 Å². The van der Waals surface area contributed by atoms with Crippen molar-refractivity contribution in [2.45, 2.75) is 96.7 Å². The Hall–Kier alpha value is -2.28. The molecule has 1 aromatic carbocycles. The fourth-order valence-electron chi connectivity index (χ4n) is 3.46. The summed E-state index contributed by atoms with van der Waals surface area (Å²) < 4.78 is 10.9. The molecule has 0 saturated heterocycles. The molecule has 30 heavy (non-hydrogen) atoms. The molecule has 0 radical (unpaired) electrons. The number of carbonyl (C=O) groups excluding carboxylic acids is 2. The van der Waals surface area contributed by atoms with Crippen LogP contribution in [0.4, 0.5) is 4.79 Å². The molecule has 1 aliphatic rings. The molecule has 0 aliphatic heterocycles. The number of ether oxygens (including phenoxy) is 2. The summed E-state index contributed by atoms with van der Waals surface area (Å²) >= 11 is 0. The lowest BCUT2D eigenvalue weighted by atomic mass is 9.99. The maximum atomic E-state index is 11.9. The monoisotopic (exact) mass is 422 g/mol. The highest BCUT2D eigenvalue weighted by Crippen LogP contribution is 2.19. The van der Waals surface area contributed by atoms with Gasteiger partial charge in [-0.25, -0.2) is 14.5 Å². The van der Waals surface area contributed by atoms with Gasteiger partial charge in [0.05, 0.1) is 16.7 Å². The SMILES string of the molecule is CC(C)Oc1ccc(C(=O)OOOC(=O)OC2CCCCCCCCCCC2)cc1. The number of rotatable bonds is 6. The van der Waals surface area contributed by atoms with Gasteiger partial charge < -0.3 is 9.47 Å². The zero-order chi connectivity index (χ0) is 21.6. The predicted molar refractivity (Wildman–Crippen MR) is 111 cm³/mol. The lowest BCUT2D eigenvalue weighted by molar-refractivity contribution is -0.453. The second-order valence-electron chi connectivity index (χ2n) is 7.96. The highest BCUT2D eigenvalue weighted by Gasteiger charge is 2.18. The largest absolute Gasteiger partial charge is 0.543 e. The maximum absolute atomic E-state index is 11.9. The van der Waals surface area contributed by atoms with Gasteiger partial charge in [-0.2, -0.15) is 0 Å². The first-order valence-corrected chi connectivity index (χ1v) is 11.1. The Balaban J connectivity index is 1.69. The topological polar surface area (TPSA) is 80.3 Å². The molecule has 0 amide bonds. The van der Waals surface area contributed by atoms with E-state index in [1.165, 1.54) is 44.2 Å². The van der Waals surface area contributed by atoms with Crippen LogP contribution in [0.5, 0.6) is 5.75 Å². The first-order chi connectivity index (χ1) is 14.5. The van der Waals surface area contributed by atoms with Gasteiger partial charge in [0.1, 0.15) is 11.9 Å². The third kappa shape index (κ3) is 9.96. The Labute approximate surface area is 178 Å². The Bertz CT molecular complexity index is 615. The molecule has 0 aromatic heterocycles. The summed E-state index contributed by atoms with van der Waals surface area (Å²) in [4.78, 5) is 32.8. The average molecular weight is 423 g/mol. The number of hydrogen-bond acceptors (Lipinski definition) is 7. The summed E-state index contributed by atoms with van der Waals surface area (Å²) in [7, 11) is 0. The number of hydrogen-bond donors (Lipinski definition) is 0. The maximum Gasteiger partial charge on any atom is 0.543 e. The van der Waals surface area contributed by atoms with Crippen LogP contribution >= 0.6 is 0 Å². The van der Waals surface area contributed by atoms with Crippen LogP contribution in [0.15, 0.2) is 24.3 Å². The van der Waals surface area contributed by atoms with Gasteiger partial charge in [0, 0.05) is 0 Å². The summed E-state index contributed by atoms with van der Waals surface area (Å²) in [6.45, 7) is 3.82. The van der Waals surface area contributed by atoms with E-state index in [2.05, 4.69) is 14.8 Å². The third-order valence-corrected chi connectivity index (χ3v) is 4.99. The highest BCUT2D eigenvalue weighted by molar-refractivity contribution is 5.89. The summed E-state index contributed by atoms with van der Waals surface area (Å²) in [6.07, 6.45) is 11.1. The molecule has 7 nitrogen and oxygen atoms in total. The van der Waals surface area contributed by atoms with Gasteiger partial charge >= 0.3 is 12.1 Å². The zero-order valence-corrected chi connectivity index (χ0v) is 18.1. The van der Waals surface area contributed by atoms with Crippen molar-refractivity contribution >= 4 is 12.1 Å². The van der Waals surface area contributed by atoms with E-state index in [0.717, 1.165) is 38.5 Å². The van der Waals surface area contributed by atoms with Crippen LogP contribution in [0, 0.1) is 0 Å². The van der Waals surface area contributed by atoms with Crippen molar-refractivity contribution in [2.24, 2.45) is 0 Å². The summed E-state index contributed by atoms with van der Waals surface area (Å²) in [5, 5.41) is 4.33. The Morgan fingerprint density at radius 2 is 1.33 bits per heavy atom. The summed E-state index contributed by atoms with van der Waals surface area (Å²) in [6, 6.07) is 6.37. The van der Waals surface area contributed by atoms with Gasteiger partial charge in [0.2, 0.25) is 0 Å². The van der Waals surface area contributed by atoms with E-state index in [0.29, 0.717) is 5.75 Å². The zero-order valence-electron chi connectivity index (χ0n) is 18.1. The summed E-state index contributed by atoms with van der Waals surface area (Å²) in [5.41, 5.74) is 0.238. The van der Waals surface area contributed by atoms with Crippen molar-refractivity contribution in [2.75, 3.05) is 0 Å². The van der Waals surface area contributed by atoms with Crippen LogP contribution in [-0.4, -0.2) is 24.3 Å². The van der Waals surface area contributed by atoms with Gasteiger partial charge in [0.15, 0.2) is 0 Å². The molecule has 7 heteroatoms. The first-order valence-electron chi connectivity index (χ1n) is 11.1. The van der Waals surface area contributed by atoms with E-state index in [1.54, 1.807) is 12.1 Å². The number of benzene rings is 1. The van der Waals surface area contributed by atoms with Crippen LogP contribution in [0.2, 0.25) is 0 Å². The van der Waals surface area contributed by atoms with Gasteiger partial charge in [0.25, 0.3) is 0 Å². The van der Waals surface area contributed by atoms with Crippen LogP contribution in [0.25, 0.3) is 0 Å². The molecule has 0 spiro atoms. The van der Waals surface area contributed by atoms with Gasteiger partial charge in [-0.1, -0.05) is 44.9 Å². The molecule has 1 fully saturated rings. The van der Waals surface area contributed by atoms with E-state index in [4.69, 9.17) is 9.47 Å². The van der Waals surface area contributed by atoms with Crippen molar-refractivity contribution in [3.05, 3.63) is 29.8 Å². The van der Waals surface area contributed by atoms with Crippen LogP contribution in [0.1, 0.15) is 94.8 Å². The minimum atomic E-state index is -0.999. The fraction of sp³-hybridized carbons (Fsp3) is 0.652. The van der Waals surface area contributed by atoms with Gasteiger partial charge in [-0.15, -0.1) is 0 Å². The molecular formula is C23H34O7. The van der Waals surface area contributed by atoms with E-state index in [-0.39, 0.29) is 17.8 Å². The Morgan fingerprint density at radius 3 is 1.87 bits per heavy atom. The fourth-order valence-corrected chi connectivity index (χ4v) is 3.46. The minimum absolute atomic E-state index is 0.0335.